The molecule has 0 aliphatic carbocycles. The molecule has 64 heavy (non-hydrogen) atoms. The zero-order valence-corrected chi connectivity index (χ0v) is 40.9. The lowest BCUT2D eigenvalue weighted by atomic mass is 9.89. The highest BCUT2D eigenvalue weighted by Crippen LogP contribution is 2.30. The Morgan fingerprint density at radius 2 is 1.55 bits per heavy atom. The molecule has 6 N–H and O–H groups in total. The summed E-state index contributed by atoms with van der Waals surface area (Å²) in [7, 11) is 8.47. The lowest BCUT2D eigenvalue weighted by Crippen LogP contribution is -2.59. The molecule has 1 saturated heterocycles. The standard InChI is InChI=1S/C47H79N9O8/c1-15-29(6)41(55(12)47(62)39(27(2)3)53-46(61)40(28(4)5)54(10)11)37(63-13)26-38(57)56-23-17-20-36(56)42(64-14)30(7)43(58)51-35(21-22-48)25-33-18-16-19-34(24-33)52-45(60)32(9)50-44(59)31(8)49/h16,18-19,24,27-32,35-37,39-42H,15,17,20-21,23,25-26,49H2,1-14H3,(H,50,59)(H,51,58)(H,52,60)(H,53,61)/t29-,30+,31-,32-,35+,36-,37+,39?,40-,41-,42+/m0/s1. The quantitative estimate of drug-likeness (QED) is 0.0959. The Labute approximate surface area is 382 Å². The Bertz CT molecular complexity index is 1740. The Hall–Kier alpha value is -4.63. The number of carbonyl (C=O) groups is 6. The van der Waals surface area contributed by atoms with E-state index in [0.717, 1.165) is 5.56 Å². The molecule has 1 aromatic carbocycles. The lowest BCUT2D eigenvalue weighted by molar-refractivity contribution is -0.148. The Balaban J connectivity index is 2.25. The molecule has 6 amide bonds. The second-order valence-electron chi connectivity index (χ2n) is 18.5. The van der Waals surface area contributed by atoms with Gasteiger partial charge in [0.05, 0.1) is 61.2 Å². The number of hydrogen-bond acceptors (Lipinski definition) is 11. The number of rotatable bonds is 25. The Morgan fingerprint density at radius 1 is 0.891 bits per heavy atom. The van der Waals surface area contributed by atoms with E-state index in [4.69, 9.17) is 15.2 Å². The van der Waals surface area contributed by atoms with Crippen LogP contribution in [0.3, 0.4) is 0 Å². The molecule has 360 valence electrons. The molecule has 11 atom stereocenters. The molecule has 17 heteroatoms. The van der Waals surface area contributed by atoms with E-state index in [2.05, 4.69) is 27.3 Å². The molecule has 0 saturated carbocycles. The van der Waals surface area contributed by atoms with Gasteiger partial charge in [0.25, 0.3) is 0 Å². The van der Waals surface area contributed by atoms with E-state index in [-0.39, 0.29) is 54.2 Å². The number of amides is 6. The topological polar surface area (TPSA) is 229 Å². The third kappa shape index (κ3) is 15.5. The maximum Gasteiger partial charge on any atom is 0.246 e. The summed E-state index contributed by atoms with van der Waals surface area (Å²) in [5, 5.41) is 21.1. The molecule has 1 aliphatic rings. The van der Waals surface area contributed by atoms with Crippen molar-refractivity contribution in [3.05, 3.63) is 29.8 Å². The lowest BCUT2D eigenvalue weighted by Gasteiger charge is -2.41. The number of ether oxygens (including phenoxy) is 2. The van der Waals surface area contributed by atoms with Crippen LogP contribution < -0.4 is 27.0 Å². The number of methoxy groups -OCH3 is 2. The summed E-state index contributed by atoms with van der Waals surface area (Å²) in [6, 6.07) is 4.91. The van der Waals surface area contributed by atoms with Crippen LogP contribution in [0, 0.1) is 35.0 Å². The highest BCUT2D eigenvalue weighted by Gasteiger charge is 2.43. The van der Waals surface area contributed by atoms with E-state index < -0.39 is 72.2 Å². The van der Waals surface area contributed by atoms with Gasteiger partial charge in [-0.05, 0) is 82.7 Å². The van der Waals surface area contributed by atoms with Crippen LogP contribution in [0.2, 0.25) is 0 Å². The molecular formula is C47H79N9O8. The summed E-state index contributed by atoms with van der Waals surface area (Å²) in [6.45, 7) is 17.1. The van der Waals surface area contributed by atoms with E-state index >= 15 is 0 Å². The van der Waals surface area contributed by atoms with Crippen LogP contribution in [0.25, 0.3) is 0 Å². The van der Waals surface area contributed by atoms with Gasteiger partial charge in [0, 0.05) is 39.5 Å². The van der Waals surface area contributed by atoms with Crippen LogP contribution in [0.5, 0.6) is 0 Å². The van der Waals surface area contributed by atoms with Gasteiger partial charge in [0.2, 0.25) is 35.4 Å². The summed E-state index contributed by atoms with van der Waals surface area (Å²) >= 11 is 0. The smallest absolute Gasteiger partial charge is 0.246 e. The maximum absolute atomic E-state index is 14.3. The Kier molecular flexibility index (Phi) is 22.9. The monoisotopic (exact) mass is 898 g/mol. The summed E-state index contributed by atoms with van der Waals surface area (Å²) in [5.74, 6) is -2.83. The van der Waals surface area contributed by atoms with E-state index in [0.29, 0.717) is 37.9 Å². The number of nitrogens with zero attached hydrogens (tertiary/aromatic N) is 4. The van der Waals surface area contributed by atoms with Crippen LogP contribution in [-0.4, -0.2) is 147 Å². The molecule has 0 spiro atoms. The second kappa shape index (κ2) is 26.4. The minimum Gasteiger partial charge on any atom is -0.379 e. The third-order valence-corrected chi connectivity index (χ3v) is 12.5. The first-order valence-electron chi connectivity index (χ1n) is 22.8. The van der Waals surface area contributed by atoms with Crippen molar-refractivity contribution in [1.82, 2.24) is 30.7 Å². The number of likely N-dealkylation sites (N-methyl/N-ethyl adjacent to an activating group) is 2. The van der Waals surface area contributed by atoms with Crippen molar-refractivity contribution >= 4 is 41.1 Å². The van der Waals surface area contributed by atoms with Crippen LogP contribution in [0.4, 0.5) is 5.69 Å². The van der Waals surface area contributed by atoms with E-state index in [1.807, 2.05) is 66.6 Å². The van der Waals surface area contributed by atoms with Crippen LogP contribution in [0.1, 0.15) is 100.0 Å². The highest BCUT2D eigenvalue weighted by atomic mass is 16.5. The molecule has 17 nitrogen and oxygen atoms in total. The highest BCUT2D eigenvalue weighted by molar-refractivity contribution is 5.97. The zero-order valence-electron chi connectivity index (χ0n) is 40.9. The van der Waals surface area contributed by atoms with Gasteiger partial charge < -0.3 is 46.3 Å². The normalized spacial score (nSPS) is 18.7. The predicted octanol–water partition coefficient (Wildman–Crippen LogP) is 3.07. The molecule has 1 unspecified atom stereocenters. The fraction of sp³-hybridized carbons (Fsp3) is 0.723. The molecule has 1 fully saturated rings. The average molecular weight is 898 g/mol. The molecule has 1 aliphatic heterocycles. The van der Waals surface area contributed by atoms with Crippen molar-refractivity contribution in [2.45, 2.75) is 155 Å². The van der Waals surface area contributed by atoms with E-state index in [1.165, 1.54) is 14.0 Å². The van der Waals surface area contributed by atoms with E-state index in [1.54, 1.807) is 56.0 Å². The average Bonchev–Trinajstić information content (AvgIpc) is 3.71. The summed E-state index contributed by atoms with van der Waals surface area (Å²) < 4.78 is 12.0. The molecule has 1 heterocycles. The first kappa shape index (κ1) is 55.5. The van der Waals surface area contributed by atoms with Crippen molar-refractivity contribution in [2.24, 2.45) is 29.4 Å². The first-order valence-corrected chi connectivity index (χ1v) is 22.8. The largest absolute Gasteiger partial charge is 0.379 e. The number of benzene rings is 1. The SMILES string of the molecule is CC[C@H](C)[C@@H]([C@@H](CC(=O)N1CCC[C@H]1[C@H](OC)[C@@H](C)C(=O)N[C@H](CC#N)Cc1cccc(NC(=O)[C@H](C)NC(=O)[C@H](C)N)c1)OC)N(C)C(=O)C(NC(=O)[C@H](C(C)C)N(C)C)C(C)C. The Morgan fingerprint density at radius 3 is 2.08 bits per heavy atom. The van der Waals surface area contributed by atoms with Gasteiger partial charge >= 0.3 is 0 Å². The third-order valence-electron chi connectivity index (χ3n) is 12.5. The van der Waals surface area contributed by atoms with Gasteiger partial charge in [-0.15, -0.1) is 0 Å². The molecule has 0 radical (unpaired) electrons. The van der Waals surface area contributed by atoms with Gasteiger partial charge in [-0.1, -0.05) is 67.0 Å². The number of anilines is 1. The maximum atomic E-state index is 14.3. The van der Waals surface area contributed by atoms with Crippen molar-refractivity contribution in [1.29, 1.82) is 5.26 Å². The number of nitrogens with two attached hydrogens (primary N) is 1. The molecular weight excluding hydrogens is 819 g/mol. The summed E-state index contributed by atoms with van der Waals surface area (Å²) in [6.07, 6.45) is 0.986. The van der Waals surface area contributed by atoms with Crippen LogP contribution in [-0.2, 0) is 44.7 Å². The fourth-order valence-electron chi connectivity index (χ4n) is 8.75. The molecule has 2 rings (SSSR count). The van der Waals surface area contributed by atoms with Crippen LogP contribution >= 0.6 is 0 Å². The minimum atomic E-state index is -0.829. The molecule has 1 aromatic rings. The van der Waals surface area contributed by atoms with E-state index in [9.17, 15) is 34.0 Å². The molecule has 0 aromatic heterocycles. The number of nitriles is 1. The van der Waals surface area contributed by atoms with Gasteiger partial charge in [-0.3, -0.25) is 33.7 Å². The number of hydrogen-bond donors (Lipinski definition) is 5. The van der Waals surface area contributed by atoms with Crippen molar-refractivity contribution in [3.63, 3.8) is 0 Å². The van der Waals surface area contributed by atoms with Gasteiger partial charge in [0.1, 0.15) is 12.1 Å². The molecule has 0 bridgehead atoms. The number of carbonyl (C=O) groups excluding carboxylic acids is 6. The summed E-state index contributed by atoms with van der Waals surface area (Å²) in [4.78, 5) is 86.1. The summed E-state index contributed by atoms with van der Waals surface area (Å²) in [5.41, 5.74) is 6.86. The second-order valence-corrected chi connectivity index (χ2v) is 18.5. The number of likely N-dealkylation sites (tertiary alicyclic amines) is 1. The fourth-order valence-corrected chi connectivity index (χ4v) is 8.75. The number of nitrogens with one attached hydrogen (secondary N) is 4. The zero-order chi connectivity index (χ0) is 48.6. The van der Waals surface area contributed by atoms with Crippen molar-refractivity contribution < 1.29 is 38.2 Å². The first-order chi connectivity index (χ1) is 30.0. The van der Waals surface area contributed by atoms with Crippen molar-refractivity contribution in [2.75, 3.05) is 47.2 Å². The predicted molar refractivity (Wildman–Crippen MR) is 247 cm³/mol. The minimum absolute atomic E-state index is 0.0182. The van der Waals surface area contributed by atoms with Crippen LogP contribution in [0.15, 0.2) is 24.3 Å². The van der Waals surface area contributed by atoms with Gasteiger partial charge in [0.15, 0.2) is 0 Å². The van der Waals surface area contributed by atoms with Gasteiger partial charge in [-0.25, -0.2) is 0 Å². The van der Waals surface area contributed by atoms with Gasteiger partial charge in [-0.2, -0.15) is 5.26 Å². The van der Waals surface area contributed by atoms with Crippen molar-refractivity contribution in [3.8, 4) is 6.07 Å².